The SMILES string of the molecule is COCCCN(CC(=O)N(Cc1ccccc1)Cc1cccs1)C(=O)c1cccc(C(F)(F)F)c1. The lowest BCUT2D eigenvalue weighted by molar-refractivity contribution is -0.137. The van der Waals surface area contributed by atoms with Gasteiger partial charge in [-0.3, -0.25) is 9.59 Å². The third-order valence-corrected chi connectivity index (χ3v) is 6.18. The lowest BCUT2D eigenvalue weighted by Gasteiger charge is -2.28. The van der Waals surface area contributed by atoms with Gasteiger partial charge < -0.3 is 14.5 Å². The molecule has 9 heteroatoms. The van der Waals surface area contributed by atoms with Crippen LogP contribution >= 0.6 is 11.3 Å². The van der Waals surface area contributed by atoms with Gasteiger partial charge in [0.2, 0.25) is 5.91 Å². The first-order valence-electron chi connectivity index (χ1n) is 11.1. The van der Waals surface area contributed by atoms with Gasteiger partial charge in [0.25, 0.3) is 5.91 Å². The molecular weight excluding hydrogens is 477 g/mol. The number of hydrogen-bond acceptors (Lipinski definition) is 4. The highest BCUT2D eigenvalue weighted by molar-refractivity contribution is 7.09. The molecule has 0 unspecified atom stereocenters. The number of rotatable bonds is 11. The number of alkyl halides is 3. The molecule has 0 aliphatic carbocycles. The summed E-state index contributed by atoms with van der Waals surface area (Å²) in [7, 11) is 1.52. The maximum Gasteiger partial charge on any atom is 0.416 e. The van der Waals surface area contributed by atoms with E-state index >= 15 is 0 Å². The second-order valence-corrected chi connectivity index (χ2v) is 9.00. The monoisotopic (exact) mass is 504 g/mol. The van der Waals surface area contributed by atoms with Crippen LogP contribution in [0.1, 0.15) is 32.8 Å². The van der Waals surface area contributed by atoms with Crippen molar-refractivity contribution in [3.8, 4) is 0 Å². The van der Waals surface area contributed by atoms with Crippen molar-refractivity contribution >= 4 is 23.2 Å². The van der Waals surface area contributed by atoms with Crippen molar-refractivity contribution in [2.75, 3.05) is 26.8 Å². The summed E-state index contributed by atoms with van der Waals surface area (Å²) < 4.78 is 44.6. The number of methoxy groups -OCH3 is 1. The molecule has 0 aliphatic rings. The molecule has 0 saturated carbocycles. The summed E-state index contributed by atoms with van der Waals surface area (Å²) in [5.74, 6) is -0.920. The Labute approximate surface area is 206 Å². The Morgan fingerprint density at radius 1 is 0.943 bits per heavy atom. The number of ether oxygens (including phenoxy) is 1. The Kier molecular flexibility index (Phi) is 9.45. The molecule has 0 spiro atoms. The van der Waals surface area contributed by atoms with Gasteiger partial charge in [-0.1, -0.05) is 42.5 Å². The van der Waals surface area contributed by atoms with E-state index in [0.717, 1.165) is 22.6 Å². The van der Waals surface area contributed by atoms with Gasteiger partial charge in [0.15, 0.2) is 0 Å². The van der Waals surface area contributed by atoms with Gasteiger partial charge in [-0.15, -0.1) is 11.3 Å². The molecule has 2 amide bonds. The Hall–Kier alpha value is -3.17. The van der Waals surface area contributed by atoms with Gasteiger partial charge in [0, 0.05) is 37.2 Å². The predicted molar refractivity (Wildman–Crippen MR) is 129 cm³/mol. The lowest BCUT2D eigenvalue weighted by Crippen LogP contribution is -2.43. The molecule has 2 aromatic carbocycles. The van der Waals surface area contributed by atoms with Crippen LogP contribution in [0.15, 0.2) is 72.1 Å². The van der Waals surface area contributed by atoms with Crippen LogP contribution in [0, 0.1) is 0 Å². The minimum Gasteiger partial charge on any atom is -0.385 e. The van der Waals surface area contributed by atoms with E-state index in [-0.39, 0.29) is 24.6 Å². The number of benzene rings is 2. The van der Waals surface area contributed by atoms with Crippen molar-refractivity contribution in [2.45, 2.75) is 25.7 Å². The average molecular weight is 505 g/mol. The molecule has 0 radical (unpaired) electrons. The molecule has 5 nitrogen and oxygen atoms in total. The molecule has 0 bridgehead atoms. The summed E-state index contributed by atoms with van der Waals surface area (Å²) in [5.41, 5.74) is -0.0830. The van der Waals surface area contributed by atoms with Crippen LogP contribution in [0.3, 0.4) is 0 Å². The van der Waals surface area contributed by atoms with Crippen molar-refractivity contribution in [2.24, 2.45) is 0 Å². The fraction of sp³-hybridized carbons (Fsp3) is 0.308. The Morgan fingerprint density at radius 3 is 2.37 bits per heavy atom. The summed E-state index contributed by atoms with van der Waals surface area (Å²) in [6, 6.07) is 17.6. The zero-order valence-corrected chi connectivity index (χ0v) is 20.1. The molecule has 3 aromatic rings. The molecule has 0 atom stereocenters. The maximum absolute atomic E-state index is 13.4. The van der Waals surface area contributed by atoms with Crippen LogP contribution < -0.4 is 0 Å². The van der Waals surface area contributed by atoms with E-state index in [0.29, 0.717) is 26.1 Å². The molecule has 35 heavy (non-hydrogen) atoms. The first-order valence-corrected chi connectivity index (χ1v) is 12.0. The van der Waals surface area contributed by atoms with Crippen LogP contribution in [-0.2, 0) is 28.8 Å². The molecule has 1 heterocycles. The Balaban J connectivity index is 1.82. The number of carbonyl (C=O) groups excluding carboxylic acids is 2. The number of halogens is 3. The van der Waals surface area contributed by atoms with Gasteiger partial charge in [-0.25, -0.2) is 0 Å². The third-order valence-electron chi connectivity index (χ3n) is 5.32. The Morgan fingerprint density at radius 2 is 1.71 bits per heavy atom. The van der Waals surface area contributed by atoms with Crippen molar-refractivity contribution in [3.05, 3.63) is 93.7 Å². The number of hydrogen-bond donors (Lipinski definition) is 0. The Bertz CT molecular complexity index is 1090. The van der Waals surface area contributed by atoms with Crippen LogP contribution in [0.5, 0.6) is 0 Å². The van der Waals surface area contributed by atoms with E-state index in [4.69, 9.17) is 4.74 Å². The summed E-state index contributed by atoms with van der Waals surface area (Å²) >= 11 is 1.52. The fourth-order valence-electron chi connectivity index (χ4n) is 3.55. The van der Waals surface area contributed by atoms with E-state index in [2.05, 4.69) is 0 Å². The molecule has 0 fully saturated rings. The first kappa shape index (κ1) is 26.4. The average Bonchev–Trinajstić information content (AvgIpc) is 3.36. The third kappa shape index (κ3) is 7.93. The number of amides is 2. The second-order valence-electron chi connectivity index (χ2n) is 7.97. The van der Waals surface area contributed by atoms with E-state index in [1.54, 1.807) is 4.90 Å². The van der Waals surface area contributed by atoms with Crippen LogP contribution in [-0.4, -0.2) is 48.4 Å². The summed E-state index contributed by atoms with van der Waals surface area (Å²) in [4.78, 5) is 30.5. The van der Waals surface area contributed by atoms with Crippen molar-refractivity contribution < 1.29 is 27.5 Å². The van der Waals surface area contributed by atoms with Gasteiger partial charge in [0.05, 0.1) is 12.1 Å². The summed E-state index contributed by atoms with van der Waals surface area (Å²) in [5, 5.41) is 1.93. The molecule has 0 saturated heterocycles. The summed E-state index contributed by atoms with van der Waals surface area (Å²) in [6.07, 6.45) is -4.13. The molecule has 186 valence electrons. The minimum absolute atomic E-state index is 0.113. The largest absolute Gasteiger partial charge is 0.416 e. The van der Waals surface area contributed by atoms with Crippen LogP contribution in [0.2, 0.25) is 0 Å². The minimum atomic E-state index is -4.57. The van der Waals surface area contributed by atoms with Gasteiger partial charge in [-0.05, 0) is 41.6 Å². The molecule has 0 N–H and O–H groups in total. The highest BCUT2D eigenvalue weighted by Crippen LogP contribution is 2.29. The van der Waals surface area contributed by atoms with Crippen molar-refractivity contribution in [1.29, 1.82) is 0 Å². The van der Waals surface area contributed by atoms with Gasteiger partial charge >= 0.3 is 6.18 Å². The first-order chi connectivity index (χ1) is 16.8. The van der Waals surface area contributed by atoms with E-state index in [1.165, 1.54) is 35.5 Å². The van der Waals surface area contributed by atoms with E-state index < -0.39 is 17.6 Å². The fourth-order valence-corrected chi connectivity index (χ4v) is 4.27. The molecule has 1 aromatic heterocycles. The molecular formula is C26H27F3N2O3S. The van der Waals surface area contributed by atoms with E-state index in [9.17, 15) is 22.8 Å². The zero-order valence-electron chi connectivity index (χ0n) is 19.3. The number of thiophene rings is 1. The van der Waals surface area contributed by atoms with Crippen molar-refractivity contribution in [3.63, 3.8) is 0 Å². The quantitative estimate of drug-likeness (QED) is 0.325. The normalized spacial score (nSPS) is 11.3. The predicted octanol–water partition coefficient (Wildman–Crippen LogP) is 5.47. The molecule has 0 aliphatic heterocycles. The zero-order chi connectivity index (χ0) is 25.3. The summed E-state index contributed by atoms with van der Waals surface area (Å²) in [6.45, 7) is 0.990. The second kappa shape index (κ2) is 12.5. The van der Waals surface area contributed by atoms with Crippen LogP contribution in [0.25, 0.3) is 0 Å². The topological polar surface area (TPSA) is 49.9 Å². The number of nitrogens with zero attached hydrogens (tertiary/aromatic N) is 2. The highest BCUT2D eigenvalue weighted by Gasteiger charge is 2.31. The van der Waals surface area contributed by atoms with Crippen LogP contribution in [0.4, 0.5) is 13.2 Å². The van der Waals surface area contributed by atoms with Crippen molar-refractivity contribution in [1.82, 2.24) is 9.80 Å². The van der Waals surface area contributed by atoms with Gasteiger partial charge in [0.1, 0.15) is 6.54 Å². The smallest absolute Gasteiger partial charge is 0.385 e. The maximum atomic E-state index is 13.4. The standard InChI is InChI=1S/C26H27F3N2O3S/c1-34-14-7-13-30(25(33)21-10-5-11-22(16-21)26(27,28)29)19-24(32)31(18-23-12-6-15-35-23)17-20-8-3-2-4-9-20/h2-6,8-12,15-16H,7,13-14,17-19H2,1H3. The van der Waals surface area contributed by atoms with Gasteiger partial charge in [-0.2, -0.15) is 13.2 Å². The number of carbonyl (C=O) groups is 2. The molecule has 3 rings (SSSR count). The highest BCUT2D eigenvalue weighted by atomic mass is 32.1. The van der Waals surface area contributed by atoms with E-state index in [1.807, 2.05) is 47.8 Å². The lowest BCUT2D eigenvalue weighted by atomic mass is 10.1.